The standard InChI is InChI=1S/C9H19N3O3.C4H6O4/c10-5-2-1-3-7(11)9(15)12-6-4-8(13)14;5-3(6)1-2-4(7)8/h7H,1-6,10-11H2,(H,12,15)(H,13,14);1-2H2,(H,5,6)(H,7,8)/t7-;/m0./s1. The molecular weight excluding hydrogens is 310 g/mol. The molecule has 0 rings (SSSR count). The van der Waals surface area contributed by atoms with Gasteiger partial charge in [-0.1, -0.05) is 6.42 Å². The minimum atomic E-state index is -1.08. The Morgan fingerprint density at radius 1 is 0.870 bits per heavy atom. The third-order valence-electron chi connectivity index (χ3n) is 2.50. The molecule has 0 saturated heterocycles. The number of nitrogens with two attached hydrogens (primary N) is 2. The first-order chi connectivity index (χ1) is 10.7. The number of hydrogen-bond donors (Lipinski definition) is 6. The summed E-state index contributed by atoms with van der Waals surface area (Å²) in [6, 6.07) is -0.564. The number of aliphatic carboxylic acids is 3. The summed E-state index contributed by atoms with van der Waals surface area (Å²) in [6.07, 6.45) is 1.56. The van der Waals surface area contributed by atoms with E-state index in [9.17, 15) is 19.2 Å². The quantitative estimate of drug-likeness (QED) is 0.256. The topological polar surface area (TPSA) is 193 Å². The highest BCUT2D eigenvalue weighted by atomic mass is 16.4. The van der Waals surface area contributed by atoms with Crippen molar-refractivity contribution in [2.24, 2.45) is 11.5 Å². The minimum absolute atomic E-state index is 0.0821. The van der Waals surface area contributed by atoms with E-state index < -0.39 is 23.9 Å². The van der Waals surface area contributed by atoms with E-state index in [-0.39, 0.29) is 31.7 Å². The van der Waals surface area contributed by atoms with E-state index >= 15 is 0 Å². The molecule has 10 nitrogen and oxygen atoms in total. The lowest BCUT2D eigenvalue weighted by molar-refractivity contribution is -0.143. The lowest BCUT2D eigenvalue weighted by atomic mass is 10.1. The maximum atomic E-state index is 11.3. The molecule has 8 N–H and O–H groups in total. The summed E-state index contributed by atoms with van der Waals surface area (Å²) in [4.78, 5) is 40.7. The molecule has 0 radical (unpaired) electrons. The average Bonchev–Trinajstić information content (AvgIpc) is 2.45. The van der Waals surface area contributed by atoms with Crippen molar-refractivity contribution in [3.8, 4) is 0 Å². The Morgan fingerprint density at radius 2 is 1.35 bits per heavy atom. The fourth-order valence-electron chi connectivity index (χ4n) is 1.28. The first-order valence-electron chi connectivity index (χ1n) is 7.09. The van der Waals surface area contributed by atoms with Gasteiger partial charge in [0.25, 0.3) is 0 Å². The van der Waals surface area contributed by atoms with Crippen molar-refractivity contribution >= 4 is 23.8 Å². The molecule has 0 aromatic carbocycles. The Balaban J connectivity index is 0. The Morgan fingerprint density at radius 3 is 1.74 bits per heavy atom. The maximum absolute atomic E-state index is 11.3. The van der Waals surface area contributed by atoms with Gasteiger partial charge in [-0.2, -0.15) is 0 Å². The van der Waals surface area contributed by atoms with Gasteiger partial charge in [-0.05, 0) is 19.4 Å². The fourth-order valence-corrected chi connectivity index (χ4v) is 1.28. The first kappa shape index (κ1) is 23.1. The lowest BCUT2D eigenvalue weighted by Crippen LogP contribution is -2.41. The van der Waals surface area contributed by atoms with Crippen LogP contribution in [0.2, 0.25) is 0 Å². The SMILES string of the molecule is NCCCC[C@H](N)C(=O)NCCC(=O)O.O=C(O)CCC(=O)O. The third-order valence-corrected chi connectivity index (χ3v) is 2.50. The molecule has 0 aromatic rings. The van der Waals surface area contributed by atoms with Gasteiger partial charge < -0.3 is 32.1 Å². The van der Waals surface area contributed by atoms with Crippen LogP contribution >= 0.6 is 0 Å². The summed E-state index contributed by atoms with van der Waals surface area (Å²) in [5.41, 5.74) is 10.9. The van der Waals surface area contributed by atoms with Gasteiger partial charge in [-0.25, -0.2) is 0 Å². The first-order valence-corrected chi connectivity index (χ1v) is 7.09. The molecule has 0 aliphatic heterocycles. The van der Waals surface area contributed by atoms with Crippen LogP contribution in [0.25, 0.3) is 0 Å². The van der Waals surface area contributed by atoms with Crippen molar-refractivity contribution in [3.05, 3.63) is 0 Å². The highest BCUT2D eigenvalue weighted by Crippen LogP contribution is 1.97. The Kier molecular flexibility index (Phi) is 14.8. The zero-order valence-corrected chi connectivity index (χ0v) is 12.9. The second kappa shape index (κ2) is 14.7. The molecule has 0 saturated carbocycles. The molecule has 0 bridgehead atoms. The second-order valence-corrected chi connectivity index (χ2v) is 4.61. The molecule has 23 heavy (non-hydrogen) atoms. The van der Waals surface area contributed by atoms with Gasteiger partial charge in [-0.3, -0.25) is 19.2 Å². The van der Waals surface area contributed by atoms with Crippen molar-refractivity contribution in [2.45, 2.75) is 44.6 Å². The highest BCUT2D eigenvalue weighted by molar-refractivity contribution is 5.81. The normalized spacial score (nSPS) is 10.9. The second-order valence-electron chi connectivity index (χ2n) is 4.61. The van der Waals surface area contributed by atoms with E-state index in [4.69, 9.17) is 26.8 Å². The summed E-state index contributed by atoms with van der Waals surface area (Å²) in [5, 5.41) is 26.6. The molecule has 0 unspecified atom stereocenters. The van der Waals surface area contributed by atoms with Crippen molar-refractivity contribution in [1.82, 2.24) is 5.32 Å². The molecule has 0 aliphatic carbocycles. The van der Waals surface area contributed by atoms with Gasteiger partial charge >= 0.3 is 17.9 Å². The molecule has 0 aromatic heterocycles. The number of carbonyl (C=O) groups excluding carboxylic acids is 1. The van der Waals surface area contributed by atoms with E-state index in [2.05, 4.69) is 5.32 Å². The lowest BCUT2D eigenvalue weighted by Gasteiger charge is -2.10. The predicted octanol–water partition coefficient (Wildman–Crippen LogP) is -1.03. The molecule has 134 valence electrons. The van der Waals surface area contributed by atoms with Crippen LogP contribution in [0.4, 0.5) is 0 Å². The van der Waals surface area contributed by atoms with Crippen LogP contribution in [0.5, 0.6) is 0 Å². The monoisotopic (exact) mass is 335 g/mol. The van der Waals surface area contributed by atoms with Gasteiger partial charge in [0.15, 0.2) is 0 Å². The molecule has 0 heterocycles. The summed E-state index contributed by atoms with van der Waals surface area (Å²) < 4.78 is 0. The number of carboxylic acid groups (broad SMARTS) is 3. The largest absolute Gasteiger partial charge is 0.481 e. The van der Waals surface area contributed by atoms with Crippen LogP contribution in [0.15, 0.2) is 0 Å². The van der Waals surface area contributed by atoms with Crippen LogP contribution in [0.1, 0.15) is 38.5 Å². The van der Waals surface area contributed by atoms with Crippen LogP contribution in [-0.2, 0) is 19.2 Å². The van der Waals surface area contributed by atoms with Crippen molar-refractivity contribution < 1.29 is 34.5 Å². The van der Waals surface area contributed by atoms with Crippen molar-refractivity contribution in [2.75, 3.05) is 13.1 Å². The summed E-state index contributed by atoms with van der Waals surface area (Å²) >= 11 is 0. The van der Waals surface area contributed by atoms with Crippen molar-refractivity contribution in [1.29, 1.82) is 0 Å². The van der Waals surface area contributed by atoms with E-state index in [0.29, 0.717) is 13.0 Å². The molecule has 1 amide bonds. The average molecular weight is 335 g/mol. The van der Waals surface area contributed by atoms with Crippen LogP contribution < -0.4 is 16.8 Å². The molecular formula is C13H25N3O7. The number of nitrogens with one attached hydrogen (secondary N) is 1. The number of hydrogen-bond acceptors (Lipinski definition) is 6. The molecule has 0 spiro atoms. The summed E-state index contributed by atoms with van der Waals surface area (Å²) in [5.74, 6) is -3.39. The van der Waals surface area contributed by atoms with Crippen LogP contribution in [0.3, 0.4) is 0 Å². The van der Waals surface area contributed by atoms with Gasteiger partial charge in [0.05, 0.1) is 25.3 Å². The molecule has 0 aliphatic rings. The number of rotatable bonds is 11. The number of unbranched alkanes of at least 4 members (excludes halogenated alkanes) is 1. The summed E-state index contributed by atoms with van der Waals surface area (Å²) in [6.45, 7) is 0.714. The van der Waals surface area contributed by atoms with E-state index in [0.717, 1.165) is 12.8 Å². The van der Waals surface area contributed by atoms with Gasteiger partial charge in [0.2, 0.25) is 5.91 Å². The van der Waals surface area contributed by atoms with E-state index in [1.807, 2.05) is 0 Å². The van der Waals surface area contributed by atoms with Gasteiger partial charge in [0.1, 0.15) is 0 Å². The number of carboxylic acids is 3. The van der Waals surface area contributed by atoms with Gasteiger partial charge in [0, 0.05) is 6.54 Å². The maximum Gasteiger partial charge on any atom is 0.305 e. The molecule has 1 atom stereocenters. The molecule has 0 fully saturated rings. The zero-order valence-electron chi connectivity index (χ0n) is 12.9. The van der Waals surface area contributed by atoms with E-state index in [1.54, 1.807) is 0 Å². The third kappa shape index (κ3) is 19.8. The van der Waals surface area contributed by atoms with Crippen molar-refractivity contribution in [3.63, 3.8) is 0 Å². The number of carbonyl (C=O) groups is 4. The number of amides is 1. The predicted molar refractivity (Wildman–Crippen MR) is 80.6 cm³/mol. The van der Waals surface area contributed by atoms with E-state index in [1.165, 1.54) is 0 Å². The highest BCUT2D eigenvalue weighted by Gasteiger charge is 2.12. The molecule has 10 heteroatoms. The zero-order chi connectivity index (χ0) is 18.3. The smallest absolute Gasteiger partial charge is 0.305 e. The fraction of sp³-hybridized carbons (Fsp3) is 0.692. The Hall–Kier alpha value is -2.20. The van der Waals surface area contributed by atoms with Crippen LogP contribution in [-0.4, -0.2) is 58.3 Å². The Labute approximate surface area is 133 Å². The minimum Gasteiger partial charge on any atom is -0.481 e. The Bertz CT molecular complexity index is 374. The van der Waals surface area contributed by atoms with Crippen LogP contribution in [0, 0.1) is 0 Å². The van der Waals surface area contributed by atoms with Gasteiger partial charge in [-0.15, -0.1) is 0 Å². The summed E-state index contributed by atoms with van der Waals surface area (Å²) in [7, 11) is 0.